The molecule has 1 heterocycles. The summed E-state index contributed by atoms with van der Waals surface area (Å²) in [6.07, 6.45) is 1.74. The zero-order valence-electron chi connectivity index (χ0n) is 12.2. The van der Waals surface area contributed by atoms with Gasteiger partial charge in [-0.25, -0.2) is 4.39 Å². The third-order valence-corrected chi connectivity index (χ3v) is 3.81. The molecule has 1 saturated heterocycles. The Labute approximate surface area is 123 Å². The highest BCUT2D eigenvalue weighted by molar-refractivity contribution is 5.96. The number of esters is 1. The van der Waals surface area contributed by atoms with Crippen molar-refractivity contribution < 1.29 is 23.6 Å². The maximum absolute atomic E-state index is 12.9. The normalized spacial score (nSPS) is 21.8. The molecule has 0 radical (unpaired) electrons. The summed E-state index contributed by atoms with van der Waals surface area (Å²) >= 11 is 0. The van der Waals surface area contributed by atoms with Crippen molar-refractivity contribution in [1.29, 1.82) is 0 Å². The maximum atomic E-state index is 12.9. The minimum Gasteiger partial charge on any atom is -0.466 e. The number of rotatable bonds is 5. The SMILES string of the molecule is CCOC(=O)[C@@H]1CCC[NH+](CC(=O)c2ccc(F)cc2)C1. The van der Waals surface area contributed by atoms with Crippen molar-refractivity contribution in [3.05, 3.63) is 35.6 Å². The zero-order chi connectivity index (χ0) is 15.2. The average Bonchev–Trinajstić information content (AvgIpc) is 2.48. The van der Waals surface area contributed by atoms with Crippen molar-refractivity contribution in [2.45, 2.75) is 19.8 Å². The van der Waals surface area contributed by atoms with Gasteiger partial charge in [-0.3, -0.25) is 9.59 Å². The van der Waals surface area contributed by atoms with E-state index in [1.165, 1.54) is 24.3 Å². The Morgan fingerprint density at radius 3 is 2.71 bits per heavy atom. The van der Waals surface area contributed by atoms with Gasteiger partial charge < -0.3 is 9.64 Å². The van der Waals surface area contributed by atoms with Crippen LogP contribution in [0, 0.1) is 11.7 Å². The lowest BCUT2D eigenvalue weighted by Gasteiger charge is -2.28. The summed E-state index contributed by atoms with van der Waals surface area (Å²) in [5, 5.41) is 0. The van der Waals surface area contributed by atoms with E-state index < -0.39 is 0 Å². The summed E-state index contributed by atoms with van der Waals surface area (Å²) in [4.78, 5) is 25.0. The molecule has 1 aromatic carbocycles. The molecule has 1 aromatic rings. The predicted molar refractivity (Wildman–Crippen MR) is 75.7 cm³/mol. The van der Waals surface area contributed by atoms with Crippen LogP contribution in [0.4, 0.5) is 4.39 Å². The van der Waals surface area contributed by atoms with Crippen molar-refractivity contribution >= 4 is 11.8 Å². The Morgan fingerprint density at radius 2 is 2.05 bits per heavy atom. The van der Waals surface area contributed by atoms with Crippen LogP contribution in [0.15, 0.2) is 24.3 Å². The molecular formula is C16H21FNO3+. The predicted octanol–water partition coefficient (Wildman–Crippen LogP) is 0.866. The zero-order valence-corrected chi connectivity index (χ0v) is 12.2. The fourth-order valence-electron chi connectivity index (χ4n) is 2.74. The molecule has 1 aliphatic heterocycles. The van der Waals surface area contributed by atoms with Crippen molar-refractivity contribution in [3.8, 4) is 0 Å². The lowest BCUT2D eigenvalue weighted by atomic mass is 9.97. The number of carbonyl (C=O) groups is 2. The van der Waals surface area contributed by atoms with Gasteiger partial charge in [0.1, 0.15) is 18.3 Å². The van der Waals surface area contributed by atoms with Crippen LogP contribution in [0.1, 0.15) is 30.1 Å². The largest absolute Gasteiger partial charge is 0.466 e. The number of Topliss-reactive ketones (excluding diaryl/α,β-unsaturated/α-hetero) is 1. The third-order valence-electron chi connectivity index (χ3n) is 3.81. The molecule has 5 heteroatoms. The lowest BCUT2D eigenvalue weighted by molar-refractivity contribution is -0.899. The van der Waals surface area contributed by atoms with Crippen LogP contribution in [-0.2, 0) is 9.53 Å². The first-order chi connectivity index (χ1) is 10.1. The number of quaternary nitrogens is 1. The number of ether oxygens (including phenoxy) is 1. The van der Waals surface area contributed by atoms with Crippen molar-refractivity contribution in [2.24, 2.45) is 5.92 Å². The van der Waals surface area contributed by atoms with E-state index in [1.807, 2.05) is 0 Å². The minimum atomic E-state index is -0.348. The second-order valence-electron chi connectivity index (χ2n) is 5.40. The standard InChI is InChI=1S/C16H20FNO3/c1-2-21-16(20)13-4-3-9-18(10-13)11-15(19)12-5-7-14(17)8-6-12/h5-8,13H,2-4,9-11H2,1H3/p+1/t13-/m1/s1. The highest BCUT2D eigenvalue weighted by atomic mass is 19.1. The number of nitrogens with one attached hydrogen (secondary N) is 1. The number of likely N-dealkylation sites (tertiary alicyclic amines) is 1. The van der Waals surface area contributed by atoms with Gasteiger partial charge in [0.25, 0.3) is 0 Å². The fourth-order valence-corrected chi connectivity index (χ4v) is 2.74. The van der Waals surface area contributed by atoms with Crippen molar-refractivity contribution in [2.75, 3.05) is 26.2 Å². The molecule has 1 fully saturated rings. The summed E-state index contributed by atoms with van der Waals surface area (Å²) in [7, 11) is 0. The molecule has 0 aromatic heterocycles. The summed E-state index contributed by atoms with van der Waals surface area (Å²) < 4.78 is 17.9. The first-order valence-corrected chi connectivity index (χ1v) is 7.39. The van der Waals surface area contributed by atoms with Crippen LogP contribution >= 0.6 is 0 Å². The molecule has 4 nitrogen and oxygen atoms in total. The lowest BCUT2D eigenvalue weighted by Crippen LogP contribution is -3.14. The number of piperidine rings is 1. The quantitative estimate of drug-likeness (QED) is 0.647. The molecule has 0 spiro atoms. The molecule has 1 N–H and O–H groups in total. The van der Waals surface area contributed by atoms with E-state index in [0.717, 1.165) is 24.3 Å². The van der Waals surface area contributed by atoms with E-state index >= 15 is 0 Å². The molecule has 1 aliphatic rings. The molecule has 2 atom stereocenters. The molecule has 0 aliphatic carbocycles. The number of carbonyl (C=O) groups excluding carboxylic acids is 2. The van der Waals surface area contributed by atoms with Gasteiger partial charge in [-0.05, 0) is 44.0 Å². The van der Waals surface area contributed by atoms with Gasteiger partial charge in [0.2, 0.25) is 5.78 Å². The molecule has 2 rings (SSSR count). The average molecular weight is 294 g/mol. The molecule has 0 amide bonds. The first kappa shape index (κ1) is 15.6. The Balaban J connectivity index is 1.91. The van der Waals surface area contributed by atoms with Gasteiger partial charge in [-0.2, -0.15) is 0 Å². The Bertz CT molecular complexity index is 501. The molecule has 114 valence electrons. The number of benzene rings is 1. The summed E-state index contributed by atoms with van der Waals surface area (Å²) in [6.45, 7) is 4.03. The Hall–Kier alpha value is -1.75. The van der Waals surface area contributed by atoms with Crippen molar-refractivity contribution in [1.82, 2.24) is 0 Å². The van der Waals surface area contributed by atoms with Gasteiger partial charge in [-0.15, -0.1) is 0 Å². The summed E-state index contributed by atoms with van der Waals surface area (Å²) in [6, 6.07) is 5.59. The summed E-state index contributed by atoms with van der Waals surface area (Å²) in [5.41, 5.74) is 0.516. The van der Waals surface area contributed by atoms with Crippen LogP contribution in [0.25, 0.3) is 0 Å². The van der Waals surface area contributed by atoms with Crippen LogP contribution in [0.5, 0.6) is 0 Å². The second-order valence-corrected chi connectivity index (χ2v) is 5.40. The topological polar surface area (TPSA) is 47.8 Å². The fraction of sp³-hybridized carbons (Fsp3) is 0.500. The molecule has 21 heavy (non-hydrogen) atoms. The second kappa shape index (κ2) is 7.31. The van der Waals surface area contributed by atoms with Gasteiger partial charge in [0.15, 0.2) is 0 Å². The van der Waals surface area contributed by atoms with Crippen LogP contribution in [-0.4, -0.2) is 38.0 Å². The number of ketones is 1. The molecule has 1 unspecified atom stereocenters. The Kier molecular flexibility index (Phi) is 5.44. The van der Waals surface area contributed by atoms with Crippen LogP contribution in [0.2, 0.25) is 0 Å². The van der Waals surface area contributed by atoms with E-state index in [-0.39, 0.29) is 23.5 Å². The van der Waals surface area contributed by atoms with Crippen LogP contribution < -0.4 is 4.90 Å². The van der Waals surface area contributed by atoms with Gasteiger partial charge in [-0.1, -0.05) is 0 Å². The molecular weight excluding hydrogens is 273 g/mol. The van der Waals surface area contributed by atoms with E-state index in [9.17, 15) is 14.0 Å². The number of hydrogen-bond donors (Lipinski definition) is 1. The summed E-state index contributed by atoms with van der Waals surface area (Å²) in [5.74, 6) is -0.646. The highest BCUT2D eigenvalue weighted by Gasteiger charge is 2.30. The third kappa shape index (κ3) is 4.36. The first-order valence-electron chi connectivity index (χ1n) is 7.39. The van der Waals surface area contributed by atoms with Crippen LogP contribution in [0.3, 0.4) is 0 Å². The van der Waals surface area contributed by atoms with E-state index in [0.29, 0.717) is 25.3 Å². The van der Waals surface area contributed by atoms with Gasteiger partial charge in [0.05, 0.1) is 19.7 Å². The maximum Gasteiger partial charge on any atom is 0.314 e. The number of halogens is 1. The monoisotopic (exact) mass is 294 g/mol. The smallest absolute Gasteiger partial charge is 0.314 e. The van der Waals surface area contributed by atoms with Gasteiger partial charge in [0, 0.05) is 5.56 Å². The molecule has 0 bridgehead atoms. The highest BCUT2D eigenvalue weighted by Crippen LogP contribution is 2.10. The van der Waals surface area contributed by atoms with Crippen molar-refractivity contribution in [3.63, 3.8) is 0 Å². The van der Waals surface area contributed by atoms with E-state index in [4.69, 9.17) is 4.74 Å². The molecule has 0 saturated carbocycles. The van der Waals surface area contributed by atoms with E-state index in [1.54, 1.807) is 6.92 Å². The minimum absolute atomic E-state index is 0.0190. The Morgan fingerprint density at radius 1 is 1.33 bits per heavy atom. The van der Waals surface area contributed by atoms with Gasteiger partial charge >= 0.3 is 5.97 Å². The van der Waals surface area contributed by atoms with E-state index in [2.05, 4.69) is 0 Å². The number of hydrogen-bond acceptors (Lipinski definition) is 3.